The molecule has 0 bridgehead atoms. The van der Waals surface area contributed by atoms with Gasteiger partial charge in [-0.25, -0.2) is 4.68 Å². The number of carbonyl (C=O) groups excluding carboxylic acids is 1. The number of carbonyl (C=O) groups is 1. The van der Waals surface area contributed by atoms with Crippen LogP contribution in [0.3, 0.4) is 0 Å². The van der Waals surface area contributed by atoms with Gasteiger partial charge < -0.3 is 5.32 Å². The van der Waals surface area contributed by atoms with Crippen LogP contribution in [0.4, 0.5) is 0 Å². The molecule has 0 unspecified atom stereocenters. The number of nitrogens with one attached hydrogen (secondary N) is 1. The number of nitrogens with zero attached hydrogens (tertiary/aromatic N) is 2. The number of rotatable bonds is 3. The van der Waals surface area contributed by atoms with Crippen LogP contribution in [0.5, 0.6) is 0 Å². The summed E-state index contributed by atoms with van der Waals surface area (Å²) < 4.78 is 1.94. The summed E-state index contributed by atoms with van der Waals surface area (Å²) in [5.41, 5.74) is 3.77. The van der Waals surface area contributed by atoms with Crippen LogP contribution in [0.15, 0.2) is 48.5 Å². The smallest absolute Gasteiger partial charge is 0.251 e. The maximum absolute atomic E-state index is 12.4. The van der Waals surface area contributed by atoms with E-state index in [4.69, 9.17) is 0 Å². The topological polar surface area (TPSA) is 46.9 Å². The normalized spacial score (nSPS) is 15.4. The molecule has 1 aliphatic carbocycles. The van der Waals surface area contributed by atoms with E-state index in [2.05, 4.69) is 22.5 Å². The van der Waals surface area contributed by atoms with Crippen molar-refractivity contribution in [3.8, 4) is 5.69 Å². The average molecular weight is 333 g/mol. The quantitative estimate of drug-likeness (QED) is 0.772. The fraction of sp³-hybridized carbons (Fsp3) is 0.333. The lowest BCUT2D eigenvalue weighted by atomic mass is 9.95. The SMILES string of the molecule is Cc1nn(-c2ccc(C(=O)NC3CCCCC3)cc2)c2ccccc12. The molecule has 0 radical (unpaired) electrons. The molecule has 0 atom stereocenters. The molecule has 4 rings (SSSR count). The first-order chi connectivity index (χ1) is 12.2. The molecule has 3 aromatic rings. The second-order valence-corrected chi connectivity index (χ2v) is 6.87. The molecule has 1 aromatic heterocycles. The van der Waals surface area contributed by atoms with Crippen LogP contribution in [-0.2, 0) is 0 Å². The zero-order valence-electron chi connectivity index (χ0n) is 14.5. The number of benzene rings is 2. The summed E-state index contributed by atoms with van der Waals surface area (Å²) in [5, 5.41) is 8.97. The molecule has 1 fully saturated rings. The van der Waals surface area contributed by atoms with E-state index in [9.17, 15) is 4.79 Å². The molecular weight excluding hydrogens is 310 g/mol. The van der Waals surface area contributed by atoms with Crippen molar-refractivity contribution in [1.82, 2.24) is 15.1 Å². The number of hydrogen-bond acceptors (Lipinski definition) is 2. The molecule has 4 heteroatoms. The minimum Gasteiger partial charge on any atom is -0.349 e. The Balaban J connectivity index is 1.56. The van der Waals surface area contributed by atoms with E-state index in [1.54, 1.807) is 0 Å². The first-order valence-electron chi connectivity index (χ1n) is 9.08. The van der Waals surface area contributed by atoms with E-state index in [1.165, 1.54) is 19.3 Å². The van der Waals surface area contributed by atoms with Crippen LogP contribution in [0.2, 0.25) is 0 Å². The highest BCUT2D eigenvalue weighted by Gasteiger charge is 2.17. The van der Waals surface area contributed by atoms with E-state index in [0.717, 1.165) is 35.1 Å². The number of fused-ring (bicyclic) bond motifs is 1. The van der Waals surface area contributed by atoms with Crippen LogP contribution < -0.4 is 5.32 Å². The van der Waals surface area contributed by atoms with Gasteiger partial charge in [0.05, 0.1) is 16.9 Å². The summed E-state index contributed by atoms with van der Waals surface area (Å²) in [4.78, 5) is 12.4. The van der Waals surface area contributed by atoms with Gasteiger partial charge in [-0.05, 0) is 50.1 Å². The zero-order valence-corrected chi connectivity index (χ0v) is 14.5. The van der Waals surface area contributed by atoms with Crippen molar-refractivity contribution < 1.29 is 4.79 Å². The van der Waals surface area contributed by atoms with Crippen molar-refractivity contribution in [3.63, 3.8) is 0 Å². The Morgan fingerprint density at radius 2 is 1.76 bits per heavy atom. The maximum atomic E-state index is 12.4. The standard InChI is InChI=1S/C21H23N3O/c1-15-19-9-5-6-10-20(19)24(23-15)18-13-11-16(12-14-18)21(25)22-17-7-3-2-4-8-17/h5-6,9-14,17H,2-4,7-8H2,1H3,(H,22,25). The van der Waals surface area contributed by atoms with Gasteiger partial charge in [-0.3, -0.25) is 4.79 Å². The van der Waals surface area contributed by atoms with Crippen LogP contribution >= 0.6 is 0 Å². The molecule has 1 saturated carbocycles. The van der Waals surface area contributed by atoms with Gasteiger partial charge in [0.1, 0.15) is 0 Å². The second kappa shape index (κ2) is 6.71. The third kappa shape index (κ3) is 3.16. The summed E-state index contributed by atoms with van der Waals surface area (Å²) in [6.07, 6.45) is 5.92. The number of hydrogen-bond donors (Lipinski definition) is 1. The first kappa shape index (κ1) is 15.9. The van der Waals surface area contributed by atoms with E-state index < -0.39 is 0 Å². The molecule has 128 valence electrons. The monoisotopic (exact) mass is 333 g/mol. The van der Waals surface area contributed by atoms with Gasteiger partial charge in [0.25, 0.3) is 5.91 Å². The van der Waals surface area contributed by atoms with Crippen LogP contribution in [0.1, 0.15) is 48.2 Å². The van der Waals surface area contributed by atoms with E-state index >= 15 is 0 Å². The predicted molar refractivity (Wildman–Crippen MR) is 100 cm³/mol. The van der Waals surface area contributed by atoms with Crippen molar-refractivity contribution in [2.45, 2.75) is 45.1 Å². The number of aromatic nitrogens is 2. The molecule has 1 aliphatic rings. The molecule has 4 nitrogen and oxygen atoms in total. The fourth-order valence-corrected chi connectivity index (χ4v) is 3.69. The number of aryl methyl sites for hydroxylation is 1. The van der Waals surface area contributed by atoms with E-state index in [-0.39, 0.29) is 5.91 Å². The largest absolute Gasteiger partial charge is 0.349 e. The van der Waals surface area contributed by atoms with Crippen molar-refractivity contribution in [1.29, 1.82) is 0 Å². The van der Waals surface area contributed by atoms with Gasteiger partial charge >= 0.3 is 0 Å². The van der Waals surface area contributed by atoms with Crippen molar-refractivity contribution in [2.75, 3.05) is 0 Å². The van der Waals surface area contributed by atoms with Crippen LogP contribution in [0.25, 0.3) is 16.6 Å². The molecule has 0 aliphatic heterocycles. The average Bonchev–Trinajstić information content (AvgIpc) is 3.00. The predicted octanol–water partition coefficient (Wildman–Crippen LogP) is 4.40. The minimum absolute atomic E-state index is 0.0277. The minimum atomic E-state index is 0.0277. The van der Waals surface area contributed by atoms with Crippen molar-refractivity contribution in [2.24, 2.45) is 0 Å². The van der Waals surface area contributed by atoms with E-state index in [0.29, 0.717) is 11.6 Å². The van der Waals surface area contributed by atoms with Gasteiger partial charge in [0, 0.05) is 17.0 Å². The Kier molecular flexibility index (Phi) is 4.26. The lowest BCUT2D eigenvalue weighted by molar-refractivity contribution is 0.0927. The fourth-order valence-electron chi connectivity index (χ4n) is 3.69. The van der Waals surface area contributed by atoms with Crippen LogP contribution in [-0.4, -0.2) is 21.7 Å². The van der Waals surface area contributed by atoms with Crippen molar-refractivity contribution >= 4 is 16.8 Å². The third-order valence-electron chi connectivity index (χ3n) is 5.09. The maximum Gasteiger partial charge on any atom is 0.251 e. The Morgan fingerprint density at radius 1 is 1.04 bits per heavy atom. The highest BCUT2D eigenvalue weighted by atomic mass is 16.1. The molecule has 1 N–H and O–H groups in total. The van der Waals surface area contributed by atoms with Gasteiger partial charge in [-0.1, -0.05) is 37.5 Å². The van der Waals surface area contributed by atoms with Gasteiger partial charge in [0.2, 0.25) is 0 Å². The lowest BCUT2D eigenvalue weighted by Crippen LogP contribution is -2.36. The number of amides is 1. The molecule has 0 spiro atoms. The molecule has 1 amide bonds. The van der Waals surface area contributed by atoms with E-state index in [1.807, 2.05) is 48.0 Å². The Bertz CT molecular complexity index is 889. The highest BCUT2D eigenvalue weighted by Crippen LogP contribution is 2.22. The summed E-state index contributed by atoms with van der Waals surface area (Å²) in [6, 6.07) is 16.2. The van der Waals surface area contributed by atoms with Crippen LogP contribution in [0, 0.1) is 6.92 Å². The van der Waals surface area contributed by atoms with Gasteiger partial charge in [0.15, 0.2) is 0 Å². The summed E-state index contributed by atoms with van der Waals surface area (Å²) in [6.45, 7) is 2.02. The van der Waals surface area contributed by atoms with Crippen molar-refractivity contribution in [3.05, 3.63) is 59.8 Å². The second-order valence-electron chi connectivity index (χ2n) is 6.87. The Hall–Kier alpha value is -2.62. The van der Waals surface area contributed by atoms with Gasteiger partial charge in [-0.15, -0.1) is 0 Å². The molecule has 1 heterocycles. The first-order valence-corrected chi connectivity index (χ1v) is 9.08. The Labute approximate surface area is 147 Å². The number of para-hydroxylation sites is 1. The molecular formula is C21H23N3O. The Morgan fingerprint density at radius 3 is 2.52 bits per heavy atom. The summed E-state index contributed by atoms with van der Waals surface area (Å²) >= 11 is 0. The molecule has 25 heavy (non-hydrogen) atoms. The third-order valence-corrected chi connectivity index (χ3v) is 5.09. The molecule has 2 aromatic carbocycles. The lowest BCUT2D eigenvalue weighted by Gasteiger charge is -2.22. The molecule has 0 saturated heterocycles. The zero-order chi connectivity index (χ0) is 17.2. The summed E-state index contributed by atoms with van der Waals surface area (Å²) in [7, 11) is 0. The highest BCUT2D eigenvalue weighted by molar-refractivity contribution is 5.94. The summed E-state index contributed by atoms with van der Waals surface area (Å²) in [5.74, 6) is 0.0277. The van der Waals surface area contributed by atoms with Gasteiger partial charge in [-0.2, -0.15) is 5.10 Å².